The Morgan fingerprint density at radius 1 is 0.829 bits per heavy atom. The summed E-state index contributed by atoms with van der Waals surface area (Å²) in [5.41, 5.74) is 0.780. The summed E-state index contributed by atoms with van der Waals surface area (Å²) in [5.74, 6) is -4.42. The van der Waals surface area contributed by atoms with Crippen molar-refractivity contribution >= 4 is 0 Å². The third-order valence-corrected chi connectivity index (χ3v) is 5.66. The lowest BCUT2D eigenvalue weighted by atomic mass is 9.98. The molecule has 0 aliphatic carbocycles. The summed E-state index contributed by atoms with van der Waals surface area (Å²) in [7, 11) is 0. The molecular weight excluding hydrogens is 460 g/mol. The number of hydrogen-bond acceptors (Lipinski definition) is 3. The van der Waals surface area contributed by atoms with E-state index in [9.17, 15) is 17.6 Å². The molecule has 0 radical (unpaired) electrons. The van der Waals surface area contributed by atoms with Gasteiger partial charge in [0.25, 0.3) is 0 Å². The van der Waals surface area contributed by atoms with Crippen LogP contribution >= 0.6 is 0 Å². The lowest BCUT2D eigenvalue weighted by Gasteiger charge is -2.28. The van der Waals surface area contributed by atoms with E-state index in [2.05, 4.69) is 6.58 Å². The van der Waals surface area contributed by atoms with Crippen LogP contribution in [0.2, 0.25) is 0 Å². The molecular formula is C28H24F4O3. The first-order valence-electron chi connectivity index (χ1n) is 11.1. The van der Waals surface area contributed by atoms with Crippen molar-refractivity contribution in [1.29, 1.82) is 0 Å². The van der Waals surface area contributed by atoms with Crippen molar-refractivity contribution in [2.75, 3.05) is 19.8 Å². The van der Waals surface area contributed by atoms with Crippen LogP contribution in [0.3, 0.4) is 0 Å². The molecule has 182 valence electrons. The maximum absolute atomic E-state index is 15.0. The van der Waals surface area contributed by atoms with Gasteiger partial charge in [0.05, 0.1) is 13.2 Å². The molecule has 1 saturated heterocycles. The Kier molecular flexibility index (Phi) is 7.68. The third kappa shape index (κ3) is 5.16. The molecule has 0 saturated carbocycles. The molecule has 4 rings (SSSR count). The van der Waals surface area contributed by atoms with E-state index in [1.54, 1.807) is 0 Å². The van der Waals surface area contributed by atoms with Gasteiger partial charge in [-0.15, -0.1) is 0 Å². The first kappa shape index (κ1) is 24.7. The summed E-state index contributed by atoms with van der Waals surface area (Å²) in [4.78, 5) is 0. The first-order chi connectivity index (χ1) is 16.9. The van der Waals surface area contributed by atoms with Gasteiger partial charge in [-0.1, -0.05) is 61.2 Å². The Morgan fingerprint density at radius 3 is 1.97 bits per heavy atom. The molecule has 3 aromatic carbocycles. The second-order valence-electron chi connectivity index (χ2n) is 8.03. The molecule has 0 amide bonds. The second-order valence-corrected chi connectivity index (χ2v) is 8.03. The normalized spacial score (nSPS) is 18.1. The van der Waals surface area contributed by atoms with Crippen molar-refractivity contribution < 1.29 is 31.8 Å². The van der Waals surface area contributed by atoms with E-state index >= 15 is 0 Å². The van der Waals surface area contributed by atoms with Crippen LogP contribution in [0, 0.1) is 29.2 Å². The van der Waals surface area contributed by atoms with E-state index in [-0.39, 0.29) is 35.0 Å². The molecule has 1 aliphatic heterocycles. The van der Waals surface area contributed by atoms with Gasteiger partial charge in [-0.2, -0.15) is 4.39 Å². The van der Waals surface area contributed by atoms with Gasteiger partial charge in [0.1, 0.15) is 6.61 Å². The van der Waals surface area contributed by atoms with E-state index in [4.69, 9.17) is 14.2 Å². The van der Waals surface area contributed by atoms with E-state index in [0.717, 1.165) is 0 Å². The zero-order valence-corrected chi connectivity index (χ0v) is 19.1. The number of rotatable bonds is 7. The summed E-state index contributed by atoms with van der Waals surface area (Å²) < 4.78 is 75.0. The van der Waals surface area contributed by atoms with E-state index in [0.29, 0.717) is 24.3 Å². The zero-order valence-electron chi connectivity index (χ0n) is 19.1. The summed E-state index contributed by atoms with van der Waals surface area (Å²) >= 11 is 0. The van der Waals surface area contributed by atoms with Crippen LogP contribution in [-0.4, -0.2) is 19.8 Å². The van der Waals surface area contributed by atoms with Crippen LogP contribution in [-0.2, 0) is 9.47 Å². The SMILES string of the molecule is C=CCOc1ccc(-c2ccc(-c3ccc(C4OCC(C=CC)CO4)c(F)c3F)cc2)c(F)c1F. The summed E-state index contributed by atoms with van der Waals surface area (Å²) in [6.45, 7) is 6.09. The zero-order chi connectivity index (χ0) is 24.9. The number of allylic oxidation sites excluding steroid dienone is 1. The van der Waals surface area contributed by atoms with Crippen molar-refractivity contribution in [2.24, 2.45) is 5.92 Å². The minimum atomic E-state index is -1.11. The quantitative estimate of drug-likeness (QED) is 0.259. The molecule has 0 bridgehead atoms. The van der Waals surface area contributed by atoms with E-state index in [1.807, 2.05) is 19.1 Å². The van der Waals surface area contributed by atoms with Gasteiger partial charge in [-0.05, 0) is 30.2 Å². The molecule has 0 unspecified atom stereocenters. The van der Waals surface area contributed by atoms with E-state index < -0.39 is 29.6 Å². The highest BCUT2D eigenvalue weighted by Gasteiger charge is 2.27. The third-order valence-electron chi connectivity index (χ3n) is 5.66. The predicted molar refractivity (Wildman–Crippen MR) is 126 cm³/mol. The van der Waals surface area contributed by atoms with Gasteiger partial charge in [0.2, 0.25) is 5.82 Å². The fourth-order valence-corrected chi connectivity index (χ4v) is 3.89. The lowest BCUT2D eigenvalue weighted by molar-refractivity contribution is -0.199. The predicted octanol–water partition coefficient (Wildman–Crippen LogP) is 7.38. The smallest absolute Gasteiger partial charge is 0.201 e. The maximum Gasteiger partial charge on any atom is 0.201 e. The molecule has 1 aliphatic rings. The second kappa shape index (κ2) is 10.9. The Hall–Kier alpha value is -3.42. The van der Waals surface area contributed by atoms with Gasteiger partial charge in [0.15, 0.2) is 29.5 Å². The van der Waals surface area contributed by atoms with Crippen molar-refractivity contribution in [3.8, 4) is 28.0 Å². The van der Waals surface area contributed by atoms with Crippen LogP contribution in [0.15, 0.2) is 73.3 Å². The molecule has 7 heteroatoms. The van der Waals surface area contributed by atoms with Gasteiger partial charge in [-0.3, -0.25) is 0 Å². The Balaban J connectivity index is 1.56. The van der Waals surface area contributed by atoms with E-state index in [1.165, 1.54) is 54.6 Å². The van der Waals surface area contributed by atoms with Gasteiger partial charge >= 0.3 is 0 Å². The lowest BCUT2D eigenvalue weighted by Crippen LogP contribution is -2.26. The Labute approximate surface area is 201 Å². The van der Waals surface area contributed by atoms with Crippen LogP contribution in [0.25, 0.3) is 22.3 Å². The molecule has 35 heavy (non-hydrogen) atoms. The summed E-state index contributed by atoms with van der Waals surface area (Å²) in [6, 6.07) is 11.7. The molecule has 0 N–H and O–H groups in total. The topological polar surface area (TPSA) is 27.7 Å². The number of ether oxygens (including phenoxy) is 3. The fourth-order valence-electron chi connectivity index (χ4n) is 3.89. The Morgan fingerprint density at radius 2 is 1.40 bits per heavy atom. The van der Waals surface area contributed by atoms with Gasteiger partial charge in [-0.25, -0.2) is 13.2 Å². The number of hydrogen-bond donors (Lipinski definition) is 0. The van der Waals surface area contributed by atoms with Crippen LogP contribution in [0.5, 0.6) is 5.75 Å². The highest BCUT2D eigenvalue weighted by Crippen LogP contribution is 2.35. The first-order valence-corrected chi connectivity index (χ1v) is 11.1. The molecule has 3 aromatic rings. The van der Waals surface area contributed by atoms with Crippen LogP contribution in [0.4, 0.5) is 17.6 Å². The highest BCUT2D eigenvalue weighted by atomic mass is 19.2. The van der Waals surface area contributed by atoms with Crippen molar-refractivity contribution in [1.82, 2.24) is 0 Å². The van der Waals surface area contributed by atoms with Gasteiger partial charge < -0.3 is 14.2 Å². The standard InChI is InChI=1S/C28H24F4O3/c1-3-5-17-15-34-28(35-16-17)22-11-10-20(24(29)26(22)31)18-6-8-19(9-7-18)21-12-13-23(33-14-4-2)27(32)25(21)30/h3-13,17,28H,2,14-16H2,1H3. The summed E-state index contributed by atoms with van der Waals surface area (Å²) in [6.07, 6.45) is 4.26. The maximum atomic E-state index is 15.0. The summed E-state index contributed by atoms with van der Waals surface area (Å²) in [5, 5.41) is 0. The fraction of sp³-hybridized carbons (Fsp3) is 0.214. The van der Waals surface area contributed by atoms with Gasteiger partial charge in [0, 0.05) is 22.6 Å². The molecule has 0 atom stereocenters. The van der Waals surface area contributed by atoms with Crippen LogP contribution in [0.1, 0.15) is 18.8 Å². The minimum Gasteiger partial charge on any atom is -0.486 e. The number of benzene rings is 3. The molecule has 0 aromatic heterocycles. The van der Waals surface area contributed by atoms with Crippen LogP contribution < -0.4 is 4.74 Å². The minimum absolute atomic E-state index is 0.0156. The molecule has 3 nitrogen and oxygen atoms in total. The Bertz CT molecular complexity index is 1230. The number of halogens is 4. The van der Waals surface area contributed by atoms with Crippen molar-refractivity contribution in [2.45, 2.75) is 13.2 Å². The largest absolute Gasteiger partial charge is 0.486 e. The average Bonchev–Trinajstić information content (AvgIpc) is 2.88. The molecule has 1 fully saturated rings. The molecule has 1 heterocycles. The van der Waals surface area contributed by atoms with Crippen molar-refractivity contribution in [3.05, 3.63) is 102 Å². The highest BCUT2D eigenvalue weighted by molar-refractivity contribution is 5.71. The average molecular weight is 484 g/mol. The monoisotopic (exact) mass is 484 g/mol. The molecule has 0 spiro atoms. The van der Waals surface area contributed by atoms with Crippen molar-refractivity contribution in [3.63, 3.8) is 0 Å².